The molecule has 1 N–H and O–H groups in total. The highest BCUT2D eigenvalue weighted by Crippen LogP contribution is 2.29. The number of ether oxygens (including phenoxy) is 2. The van der Waals surface area contributed by atoms with Gasteiger partial charge in [-0.25, -0.2) is 5.10 Å². The average molecular weight is 417 g/mol. The number of rotatable bonds is 8. The highest BCUT2D eigenvalue weighted by atomic mass is 35.5. The number of nitrogens with one attached hydrogen (secondary N) is 1. The van der Waals surface area contributed by atoms with Gasteiger partial charge in [0.25, 0.3) is 0 Å². The summed E-state index contributed by atoms with van der Waals surface area (Å²) in [4.78, 5) is 0. The van der Waals surface area contributed by atoms with Crippen molar-refractivity contribution in [2.45, 2.75) is 20.3 Å². The Morgan fingerprint density at radius 3 is 2.75 bits per heavy atom. The molecule has 1 heterocycles. The second-order valence-corrected chi connectivity index (χ2v) is 6.67. The molecule has 0 amide bonds. The minimum atomic E-state index is 0.381. The van der Waals surface area contributed by atoms with Gasteiger partial charge in [0.2, 0.25) is 4.77 Å². The molecule has 0 fully saturated rings. The van der Waals surface area contributed by atoms with Crippen LogP contribution in [0.1, 0.15) is 25.8 Å². The van der Waals surface area contributed by atoms with Gasteiger partial charge < -0.3 is 9.47 Å². The SMILES string of the molecule is CCCOc1ccc(/C=N\n2c(-c3ccccc3OCC)n[nH]c2=S)cc1Cl. The molecular formula is C20H21ClN4O2S. The molecule has 0 unspecified atom stereocenters. The minimum absolute atomic E-state index is 0.381. The van der Waals surface area contributed by atoms with Crippen molar-refractivity contribution in [3.05, 3.63) is 57.8 Å². The fraction of sp³-hybridized carbons (Fsp3) is 0.250. The smallest absolute Gasteiger partial charge is 0.216 e. The highest BCUT2D eigenvalue weighted by molar-refractivity contribution is 7.71. The first-order valence-corrected chi connectivity index (χ1v) is 9.79. The average Bonchev–Trinajstić information content (AvgIpc) is 3.06. The van der Waals surface area contributed by atoms with Crippen LogP contribution < -0.4 is 9.47 Å². The zero-order chi connectivity index (χ0) is 19.9. The zero-order valence-corrected chi connectivity index (χ0v) is 17.3. The number of hydrogen-bond donors (Lipinski definition) is 1. The second kappa shape index (κ2) is 9.52. The Labute approximate surface area is 173 Å². The van der Waals surface area contributed by atoms with Gasteiger partial charge in [-0.05, 0) is 61.5 Å². The summed E-state index contributed by atoms with van der Waals surface area (Å²) in [6.45, 7) is 5.16. The van der Waals surface area contributed by atoms with Crippen LogP contribution in [0.25, 0.3) is 11.4 Å². The van der Waals surface area contributed by atoms with Crippen molar-refractivity contribution >= 4 is 30.0 Å². The van der Waals surface area contributed by atoms with E-state index in [0.717, 1.165) is 23.3 Å². The lowest BCUT2D eigenvalue weighted by Crippen LogP contribution is -1.99. The number of benzene rings is 2. The van der Waals surface area contributed by atoms with E-state index in [9.17, 15) is 0 Å². The van der Waals surface area contributed by atoms with Crippen LogP contribution in [0.3, 0.4) is 0 Å². The number of aromatic nitrogens is 3. The van der Waals surface area contributed by atoms with Gasteiger partial charge in [-0.15, -0.1) is 0 Å². The van der Waals surface area contributed by atoms with Crippen LogP contribution in [-0.2, 0) is 0 Å². The van der Waals surface area contributed by atoms with Crippen molar-refractivity contribution in [2.75, 3.05) is 13.2 Å². The van der Waals surface area contributed by atoms with Crippen molar-refractivity contribution in [1.82, 2.24) is 14.9 Å². The predicted octanol–water partition coefficient (Wildman–Crippen LogP) is 5.33. The van der Waals surface area contributed by atoms with E-state index in [-0.39, 0.29) is 0 Å². The van der Waals surface area contributed by atoms with Gasteiger partial charge in [-0.3, -0.25) is 0 Å². The molecule has 2 aromatic carbocycles. The first-order chi connectivity index (χ1) is 13.6. The molecular weight excluding hydrogens is 396 g/mol. The third-order valence-corrected chi connectivity index (χ3v) is 4.38. The molecule has 3 rings (SSSR count). The Hall–Kier alpha value is -2.64. The molecule has 1 aromatic heterocycles. The van der Waals surface area contributed by atoms with Crippen LogP contribution in [0.15, 0.2) is 47.6 Å². The third kappa shape index (κ3) is 4.61. The fourth-order valence-electron chi connectivity index (χ4n) is 2.56. The molecule has 0 aliphatic heterocycles. The molecule has 0 saturated heterocycles. The minimum Gasteiger partial charge on any atom is -0.493 e. The van der Waals surface area contributed by atoms with E-state index < -0.39 is 0 Å². The Balaban J connectivity index is 1.91. The standard InChI is InChI=1S/C20H21ClN4O2S/c1-3-11-27-18-10-9-14(12-16(18)21)13-22-25-19(23-24-20(25)28)15-7-5-6-8-17(15)26-4-2/h5-10,12-13H,3-4,11H2,1-2H3,(H,24,28)/b22-13-. The van der Waals surface area contributed by atoms with Crippen LogP contribution in [-0.4, -0.2) is 34.3 Å². The van der Waals surface area contributed by atoms with Crippen LogP contribution in [0.2, 0.25) is 5.02 Å². The van der Waals surface area contributed by atoms with Crippen LogP contribution in [0.4, 0.5) is 0 Å². The lowest BCUT2D eigenvalue weighted by Gasteiger charge is -2.09. The maximum atomic E-state index is 6.29. The normalized spacial score (nSPS) is 11.1. The van der Waals surface area contributed by atoms with E-state index in [0.29, 0.717) is 34.6 Å². The molecule has 8 heteroatoms. The molecule has 0 spiro atoms. The number of halogens is 1. The number of hydrogen-bond acceptors (Lipinski definition) is 5. The predicted molar refractivity (Wildman–Crippen MR) is 114 cm³/mol. The second-order valence-electron chi connectivity index (χ2n) is 5.88. The first-order valence-electron chi connectivity index (χ1n) is 9.00. The van der Waals surface area contributed by atoms with Crippen LogP contribution in [0, 0.1) is 4.77 Å². The summed E-state index contributed by atoms with van der Waals surface area (Å²) < 4.78 is 13.2. The van der Waals surface area contributed by atoms with Crippen molar-refractivity contribution in [3.63, 3.8) is 0 Å². The summed E-state index contributed by atoms with van der Waals surface area (Å²) in [5.74, 6) is 1.95. The van der Waals surface area contributed by atoms with Gasteiger partial charge >= 0.3 is 0 Å². The van der Waals surface area contributed by atoms with Gasteiger partial charge in [0.05, 0.1) is 30.0 Å². The highest BCUT2D eigenvalue weighted by Gasteiger charge is 2.13. The number of para-hydroxylation sites is 1. The monoisotopic (exact) mass is 416 g/mol. The van der Waals surface area contributed by atoms with Gasteiger partial charge in [-0.1, -0.05) is 30.7 Å². The third-order valence-electron chi connectivity index (χ3n) is 3.82. The largest absolute Gasteiger partial charge is 0.493 e. The summed E-state index contributed by atoms with van der Waals surface area (Å²) in [6.07, 6.45) is 2.60. The molecule has 0 aliphatic rings. The van der Waals surface area contributed by atoms with Crippen LogP contribution >= 0.6 is 23.8 Å². The van der Waals surface area contributed by atoms with E-state index >= 15 is 0 Å². The molecule has 0 bridgehead atoms. The Morgan fingerprint density at radius 1 is 1.18 bits per heavy atom. The number of H-pyrrole nitrogens is 1. The molecule has 0 atom stereocenters. The molecule has 3 aromatic rings. The summed E-state index contributed by atoms with van der Waals surface area (Å²) in [5.41, 5.74) is 1.62. The maximum Gasteiger partial charge on any atom is 0.216 e. The quantitative estimate of drug-likeness (QED) is 0.398. The summed E-state index contributed by atoms with van der Waals surface area (Å²) in [6, 6.07) is 13.1. The summed E-state index contributed by atoms with van der Waals surface area (Å²) >= 11 is 11.6. The lowest BCUT2D eigenvalue weighted by molar-refractivity contribution is 0.317. The van der Waals surface area contributed by atoms with Gasteiger partial charge in [0.1, 0.15) is 11.5 Å². The molecule has 0 saturated carbocycles. The topological polar surface area (TPSA) is 64.4 Å². The van der Waals surface area contributed by atoms with E-state index in [1.165, 1.54) is 0 Å². The van der Waals surface area contributed by atoms with Crippen molar-refractivity contribution in [1.29, 1.82) is 0 Å². The van der Waals surface area contributed by atoms with E-state index in [2.05, 4.69) is 15.3 Å². The number of nitrogens with zero attached hydrogens (tertiary/aromatic N) is 3. The van der Waals surface area contributed by atoms with Crippen molar-refractivity contribution in [3.8, 4) is 22.9 Å². The Bertz CT molecular complexity index is 1030. The van der Waals surface area contributed by atoms with Gasteiger partial charge in [0, 0.05) is 0 Å². The Morgan fingerprint density at radius 2 is 2.00 bits per heavy atom. The molecule has 28 heavy (non-hydrogen) atoms. The fourth-order valence-corrected chi connectivity index (χ4v) is 2.98. The molecule has 6 nitrogen and oxygen atoms in total. The lowest BCUT2D eigenvalue weighted by atomic mass is 10.2. The van der Waals surface area contributed by atoms with E-state index in [4.69, 9.17) is 33.3 Å². The van der Waals surface area contributed by atoms with Gasteiger partial charge in [-0.2, -0.15) is 14.9 Å². The molecule has 0 aliphatic carbocycles. The van der Waals surface area contributed by atoms with E-state index in [1.54, 1.807) is 17.0 Å². The first kappa shape index (κ1) is 20.1. The molecule has 0 radical (unpaired) electrons. The van der Waals surface area contributed by atoms with Crippen molar-refractivity contribution in [2.24, 2.45) is 5.10 Å². The van der Waals surface area contributed by atoms with Crippen LogP contribution in [0.5, 0.6) is 11.5 Å². The van der Waals surface area contributed by atoms with Gasteiger partial charge in [0.15, 0.2) is 5.82 Å². The van der Waals surface area contributed by atoms with Crippen molar-refractivity contribution < 1.29 is 9.47 Å². The molecule has 146 valence electrons. The maximum absolute atomic E-state index is 6.29. The summed E-state index contributed by atoms with van der Waals surface area (Å²) in [7, 11) is 0. The Kier molecular flexibility index (Phi) is 6.84. The number of aromatic amines is 1. The summed E-state index contributed by atoms with van der Waals surface area (Å²) in [5, 5.41) is 12.1. The van der Waals surface area contributed by atoms with E-state index in [1.807, 2.05) is 50.2 Å². The zero-order valence-electron chi connectivity index (χ0n) is 15.7.